The van der Waals surface area contributed by atoms with Crippen LogP contribution in [0.5, 0.6) is 5.75 Å². The maximum absolute atomic E-state index is 6.06. The zero-order valence-corrected chi connectivity index (χ0v) is 14.8. The molecule has 0 atom stereocenters. The summed E-state index contributed by atoms with van der Waals surface area (Å²) in [5, 5.41) is 3.47. The van der Waals surface area contributed by atoms with Gasteiger partial charge in [-0.3, -0.25) is 4.99 Å². The van der Waals surface area contributed by atoms with E-state index in [1.807, 2.05) is 56.1 Å². The molecule has 2 heterocycles. The number of aliphatic imine (C=N–C) groups is 1. The maximum Gasteiger partial charge on any atom is 0.193 e. The number of benzene rings is 1. The van der Waals surface area contributed by atoms with Crippen molar-refractivity contribution >= 4 is 5.96 Å². The summed E-state index contributed by atoms with van der Waals surface area (Å²) in [5.74, 6) is 1.95. The molecule has 1 fully saturated rings. The van der Waals surface area contributed by atoms with Crippen molar-refractivity contribution in [2.45, 2.75) is 31.9 Å². The van der Waals surface area contributed by atoms with Gasteiger partial charge in [0.05, 0.1) is 6.33 Å². The molecule has 1 aromatic carbocycles. The molecule has 0 radical (unpaired) electrons. The quantitative estimate of drug-likeness (QED) is 0.498. The van der Waals surface area contributed by atoms with E-state index in [1.165, 1.54) is 0 Å². The molecule has 1 aromatic heterocycles. The topological polar surface area (TPSA) is 54.7 Å². The Labute approximate surface area is 149 Å². The first-order valence-electron chi connectivity index (χ1n) is 8.98. The van der Waals surface area contributed by atoms with Gasteiger partial charge in [0.15, 0.2) is 5.96 Å². The van der Waals surface area contributed by atoms with Crippen LogP contribution < -0.4 is 10.1 Å². The molecule has 6 heteroatoms. The number of hydrogen-bond acceptors (Lipinski definition) is 3. The van der Waals surface area contributed by atoms with Crippen LogP contribution in [0.1, 0.15) is 19.3 Å². The Kier molecular flexibility index (Phi) is 6.31. The molecule has 1 N–H and O–H groups in total. The lowest BCUT2D eigenvalue weighted by atomic mass is 10.1. The van der Waals surface area contributed by atoms with E-state index in [9.17, 15) is 0 Å². The van der Waals surface area contributed by atoms with E-state index in [4.69, 9.17) is 4.74 Å². The second-order valence-electron chi connectivity index (χ2n) is 6.25. The first-order valence-corrected chi connectivity index (χ1v) is 8.98. The van der Waals surface area contributed by atoms with E-state index in [2.05, 4.69) is 24.8 Å². The third kappa shape index (κ3) is 5.24. The predicted molar refractivity (Wildman–Crippen MR) is 99.9 cm³/mol. The van der Waals surface area contributed by atoms with Crippen molar-refractivity contribution in [2.75, 3.05) is 26.7 Å². The van der Waals surface area contributed by atoms with E-state index >= 15 is 0 Å². The fourth-order valence-electron chi connectivity index (χ4n) is 3.09. The third-order valence-electron chi connectivity index (χ3n) is 4.43. The zero-order valence-electron chi connectivity index (χ0n) is 14.8. The molecule has 1 aliphatic heterocycles. The smallest absolute Gasteiger partial charge is 0.193 e. The van der Waals surface area contributed by atoms with Gasteiger partial charge in [0.2, 0.25) is 0 Å². The van der Waals surface area contributed by atoms with Crippen LogP contribution in [-0.2, 0) is 6.54 Å². The van der Waals surface area contributed by atoms with Crippen LogP contribution in [0.3, 0.4) is 0 Å². The van der Waals surface area contributed by atoms with Gasteiger partial charge in [0.1, 0.15) is 11.9 Å². The first-order chi connectivity index (χ1) is 12.3. The third-order valence-corrected chi connectivity index (χ3v) is 4.43. The molecule has 0 amide bonds. The van der Waals surface area contributed by atoms with Gasteiger partial charge < -0.3 is 19.5 Å². The summed E-state index contributed by atoms with van der Waals surface area (Å²) in [5.41, 5.74) is 0. The summed E-state index contributed by atoms with van der Waals surface area (Å²) in [6, 6.07) is 10.1. The average molecular weight is 341 g/mol. The lowest BCUT2D eigenvalue weighted by Crippen LogP contribution is -2.47. The Morgan fingerprint density at radius 1 is 1.28 bits per heavy atom. The minimum Gasteiger partial charge on any atom is -0.490 e. The van der Waals surface area contributed by atoms with E-state index in [1.54, 1.807) is 0 Å². The fraction of sp³-hybridized carbons (Fsp3) is 0.474. The lowest BCUT2D eigenvalue weighted by molar-refractivity contribution is 0.129. The first kappa shape index (κ1) is 17.3. The Morgan fingerprint density at radius 2 is 2.08 bits per heavy atom. The van der Waals surface area contributed by atoms with Gasteiger partial charge in [-0.2, -0.15) is 0 Å². The minimum atomic E-state index is 0.290. The van der Waals surface area contributed by atoms with Crippen LogP contribution in [0.25, 0.3) is 0 Å². The highest BCUT2D eigenvalue weighted by molar-refractivity contribution is 5.79. The van der Waals surface area contributed by atoms with Crippen molar-refractivity contribution in [1.82, 2.24) is 19.8 Å². The number of nitrogens with one attached hydrogen (secondary N) is 1. The average Bonchev–Trinajstić information content (AvgIpc) is 3.17. The summed E-state index contributed by atoms with van der Waals surface area (Å²) >= 11 is 0. The lowest BCUT2D eigenvalue weighted by Gasteiger charge is -2.34. The number of aryl methyl sites for hydroxylation is 1. The molecule has 134 valence electrons. The monoisotopic (exact) mass is 341 g/mol. The van der Waals surface area contributed by atoms with Gasteiger partial charge >= 0.3 is 0 Å². The van der Waals surface area contributed by atoms with Crippen molar-refractivity contribution in [3.05, 3.63) is 49.1 Å². The molecule has 0 spiro atoms. The van der Waals surface area contributed by atoms with Crippen molar-refractivity contribution in [3.63, 3.8) is 0 Å². The van der Waals surface area contributed by atoms with Gasteiger partial charge in [0.25, 0.3) is 0 Å². The molecule has 1 saturated heterocycles. The summed E-state index contributed by atoms with van der Waals surface area (Å²) in [6.45, 7) is 3.82. The van der Waals surface area contributed by atoms with Gasteiger partial charge in [-0.1, -0.05) is 18.2 Å². The molecule has 0 unspecified atom stereocenters. The van der Waals surface area contributed by atoms with E-state index in [0.29, 0.717) is 0 Å². The van der Waals surface area contributed by atoms with Crippen LogP contribution >= 0.6 is 0 Å². The standard InChI is InChI=1S/C19H27N5O/c1-20-19(22-10-5-12-23-15-11-21-16-23)24-13-8-18(9-14-24)25-17-6-3-2-4-7-17/h2-4,6-7,11,15-16,18H,5,8-10,12-14H2,1H3,(H,20,22). The predicted octanol–water partition coefficient (Wildman–Crippen LogP) is 2.39. The summed E-state index contributed by atoms with van der Waals surface area (Å²) in [6.07, 6.45) is 9.03. The van der Waals surface area contributed by atoms with Gasteiger partial charge in [-0.25, -0.2) is 4.98 Å². The normalized spacial score (nSPS) is 16.0. The number of likely N-dealkylation sites (tertiary alicyclic amines) is 1. The van der Waals surface area contributed by atoms with Crippen molar-refractivity contribution in [1.29, 1.82) is 0 Å². The van der Waals surface area contributed by atoms with Crippen molar-refractivity contribution in [2.24, 2.45) is 4.99 Å². The molecule has 2 aromatic rings. The van der Waals surface area contributed by atoms with Crippen molar-refractivity contribution < 1.29 is 4.74 Å². The Balaban J connectivity index is 1.38. The second-order valence-corrected chi connectivity index (χ2v) is 6.25. The number of hydrogen-bond donors (Lipinski definition) is 1. The van der Waals surface area contributed by atoms with E-state index in [0.717, 1.165) is 57.2 Å². The number of piperidine rings is 1. The van der Waals surface area contributed by atoms with Crippen LogP contribution in [0, 0.1) is 0 Å². The highest BCUT2D eigenvalue weighted by Gasteiger charge is 2.22. The molecule has 0 aliphatic carbocycles. The summed E-state index contributed by atoms with van der Waals surface area (Å²) in [4.78, 5) is 10.8. The number of ether oxygens (including phenoxy) is 1. The number of guanidine groups is 1. The van der Waals surface area contributed by atoms with Crippen LogP contribution in [0.2, 0.25) is 0 Å². The van der Waals surface area contributed by atoms with Crippen LogP contribution in [0.4, 0.5) is 0 Å². The van der Waals surface area contributed by atoms with E-state index < -0.39 is 0 Å². The summed E-state index contributed by atoms with van der Waals surface area (Å²) < 4.78 is 8.16. The molecule has 0 saturated carbocycles. The molecular weight excluding hydrogens is 314 g/mol. The van der Waals surface area contributed by atoms with Crippen molar-refractivity contribution in [3.8, 4) is 5.75 Å². The largest absolute Gasteiger partial charge is 0.490 e. The number of imidazole rings is 1. The van der Waals surface area contributed by atoms with Gasteiger partial charge in [-0.15, -0.1) is 0 Å². The second kappa shape index (κ2) is 9.11. The fourth-order valence-corrected chi connectivity index (χ4v) is 3.09. The van der Waals surface area contributed by atoms with Gasteiger partial charge in [-0.05, 0) is 18.6 Å². The Morgan fingerprint density at radius 3 is 2.76 bits per heavy atom. The highest BCUT2D eigenvalue weighted by atomic mass is 16.5. The highest BCUT2D eigenvalue weighted by Crippen LogP contribution is 2.18. The summed E-state index contributed by atoms with van der Waals surface area (Å²) in [7, 11) is 1.85. The Bertz CT molecular complexity index is 633. The van der Waals surface area contributed by atoms with Gasteiger partial charge in [0, 0.05) is 58.5 Å². The van der Waals surface area contributed by atoms with E-state index in [-0.39, 0.29) is 6.10 Å². The zero-order chi connectivity index (χ0) is 17.3. The minimum absolute atomic E-state index is 0.290. The molecule has 0 bridgehead atoms. The molecule has 25 heavy (non-hydrogen) atoms. The number of para-hydroxylation sites is 1. The number of aromatic nitrogens is 2. The van der Waals surface area contributed by atoms with Crippen LogP contribution in [-0.4, -0.2) is 53.2 Å². The maximum atomic E-state index is 6.06. The molecule has 6 nitrogen and oxygen atoms in total. The van der Waals surface area contributed by atoms with Crippen LogP contribution in [0.15, 0.2) is 54.0 Å². The molecule has 1 aliphatic rings. The number of nitrogens with zero attached hydrogens (tertiary/aromatic N) is 4. The molecular formula is C19H27N5O. The number of rotatable bonds is 6. The SMILES string of the molecule is CN=C(NCCCn1ccnc1)N1CCC(Oc2ccccc2)CC1. The Hall–Kier alpha value is -2.50. The molecule has 3 rings (SSSR count).